The Kier molecular flexibility index (Phi) is 4.36. The molecule has 0 aromatic carbocycles. The van der Waals surface area contributed by atoms with Gasteiger partial charge in [-0.25, -0.2) is 4.98 Å². The van der Waals surface area contributed by atoms with Gasteiger partial charge in [-0.2, -0.15) is 0 Å². The SMILES string of the molecule is CNC(CC1CCCCC1)c1scnc1C. The Morgan fingerprint density at radius 1 is 1.44 bits per heavy atom. The highest BCUT2D eigenvalue weighted by Crippen LogP contribution is 2.33. The van der Waals surface area contributed by atoms with E-state index in [1.54, 1.807) is 11.3 Å². The highest BCUT2D eigenvalue weighted by molar-refractivity contribution is 7.09. The monoisotopic (exact) mass is 238 g/mol. The lowest BCUT2D eigenvalue weighted by atomic mass is 9.84. The average Bonchev–Trinajstić information content (AvgIpc) is 2.74. The maximum atomic E-state index is 4.36. The fraction of sp³-hybridized carbons (Fsp3) is 0.769. The first-order valence-corrected chi connectivity index (χ1v) is 7.26. The van der Waals surface area contributed by atoms with E-state index < -0.39 is 0 Å². The zero-order valence-electron chi connectivity index (χ0n) is 10.3. The van der Waals surface area contributed by atoms with Gasteiger partial charge in [0.25, 0.3) is 0 Å². The second-order valence-electron chi connectivity index (χ2n) is 4.88. The van der Waals surface area contributed by atoms with Crippen LogP contribution in [0.2, 0.25) is 0 Å². The van der Waals surface area contributed by atoms with Gasteiger partial charge in [0.1, 0.15) is 0 Å². The van der Waals surface area contributed by atoms with Crippen molar-refractivity contribution in [3.8, 4) is 0 Å². The van der Waals surface area contributed by atoms with Crippen LogP contribution >= 0.6 is 11.3 Å². The number of thiazole rings is 1. The van der Waals surface area contributed by atoms with Gasteiger partial charge in [0.15, 0.2) is 0 Å². The highest BCUT2D eigenvalue weighted by Gasteiger charge is 2.21. The Morgan fingerprint density at radius 2 is 2.19 bits per heavy atom. The van der Waals surface area contributed by atoms with Crippen molar-refractivity contribution in [3.63, 3.8) is 0 Å². The van der Waals surface area contributed by atoms with E-state index in [4.69, 9.17) is 0 Å². The van der Waals surface area contributed by atoms with Crippen molar-refractivity contribution in [2.45, 2.75) is 51.5 Å². The molecule has 0 amide bonds. The fourth-order valence-corrected chi connectivity index (χ4v) is 3.68. The summed E-state index contributed by atoms with van der Waals surface area (Å²) >= 11 is 1.80. The lowest BCUT2D eigenvalue weighted by molar-refractivity contribution is 0.307. The van der Waals surface area contributed by atoms with E-state index in [2.05, 4.69) is 24.3 Å². The first-order valence-electron chi connectivity index (χ1n) is 6.38. The van der Waals surface area contributed by atoms with Gasteiger partial charge in [-0.1, -0.05) is 32.1 Å². The van der Waals surface area contributed by atoms with E-state index in [0.29, 0.717) is 6.04 Å². The van der Waals surface area contributed by atoms with E-state index in [1.807, 2.05) is 5.51 Å². The van der Waals surface area contributed by atoms with Crippen molar-refractivity contribution in [1.29, 1.82) is 0 Å². The first kappa shape index (κ1) is 12.1. The summed E-state index contributed by atoms with van der Waals surface area (Å²) in [6.07, 6.45) is 8.46. The summed E-state index contributed by atoms with van der Waals surface area (Å²) in [7, 11) is 2.08. The predicted molar refractivity (Wildman–Crippen MR) is 69.8 cm³/mol. The molecule has 1 unspecified atom stereocenters. The molecule has 1 heterocycles. The second kappa shape index (κ2) is 5.78. The van der Waals surface area contributed by atoms with Crippen molar-refractivity contribution in [1.82, 2.24) is 10.3 Å². The predicted octanol–water partition coefficient (Wildman–Crippen LogP) is 3.68. The van der Waals surface area contributed by atoms with Gasteiger partial charge >= 0.3 is 0 Å². The Hall–Kier alpha value is -0.410. The molecule has 0 spiro atoms. The molecule has 0 aliphatic heterocycles. The van der Waals surface area contributed by atoms with Crippen LogP contribution in [0.5, 0.6) is 0 Å². The highest BCUT2D eigenvalue weighted by atomic mass is 32.1. The lowest BCUT2D eigenvalue weighted by Gasteiger charge is -2.26. The largest absolute Gasteiger partial charge is 0.312 e. The molecule has 1 atom stereocenters. The van der Waals surface area contributed by atoms with Crippen LogP contribution in [-0.4, -0.2) is 12.0 Å². The minimum Gasteiger partial charge on any atom is -0.312 e. The maximum absolute atomic E-state index is 4.36. The minimum absolute atomic E-state index is 0.524. The molecule has 2 rings (SSSR count). The van der Waals surface area contributed by atoms with E-state index in [0.717, 1.165) is 5.92 Å². The summed E-state index contributed by atoms with van der Waals surface area (Å²) in [5, 5.41) is 3.46. The van der Waals surface area contributed by atoms with Crippen LogP contribution in [0.4, 0.5) is 0 Å². The van der Waals surface area contributed by atoms with Gasteiger partial charge in [-0.05, 0) is 26.3 Å². The van der Waals surface area contributed by atoms with Crippen molar-refractivity contribution >= 4 is 11.3 Å². The Bertz CT molecular complexity index is 315. The van der Waals surface area contributed by atoms with E-state index in [9.17, 15) is 0 Å². The van der Waals surface area contributed by atoms with Gasteiger partial charge in [0.05, 0.1) is 11.2 Å². The maximum Gasteiger partial charge on any atom is 0.0798 e. The molecule has 1 fully saturated rings. The molecule has 0 radical (unpaired) electrons. The molecule has 1 saturated carbocycles. The number of aromatic nitrogens is 1. The number of hydrogen-bond donors (Lipinski definition) is 1. The third-order valence-corrected chi connectivity index (χ3v) is 4.79. The van der Waals surface area contributed by atoms with Gasteiger partial charge in [0.2, 0.25) is 0 Å². The van der Waals surface area contributed by atoms with Crippen LogP contribution in [0.25, 0.3) is 0 Å². The molecule has 1 N–H and O–H groups in total. The van der Waals surface area contributed by atoms with Crippen molar-refractivity contribution in [3.05, 3.63) is 16.1 Å². The van der Waals surface area contributed by atoms with Crippen LogP contribution in [-0.2, 0) is 0 Å². The molecule has 2 nitrogen and oxygen atoms in total. The van der Waals surface area contributed by atoms with Crippen molar-refractivity contribution in [2.75, 3.05) is 7.05 Å². The Balaban J connectivity index is 1.97. The van der Waals surface area contributed by atoms with Gasteiger partial charge in [-0.3, -0.25) is 0 Å². The number of hydrogen-bond acceptors (Lipinski definition) is 3. The summed E-state index contributed by atoms with van der Waals surface area (Å²) in [5.74, 6) is 0.924. The number of nitrogens with zero attached hydrogens (tertiary/aromatic N) is 1. The van der Waals surface area contributed by atoms with Gasteiger partial charge < -0.3 is 5.32 Å². The topological polar surface area (TPSA) is 24.9 Å². The summed E-state index contributed by atoms with van der Waals surface area (Å²) in [6, 6.07) is 0.524. The normalized spacial score (nSPS) is 19.9. The molecule has 1 aromatic rings. The Labute approximate surface area is 102 Å². The quantitative estimate of drug-likeness (QED) is 0.865. The lowest BCUT2D eigenvalue weighted by Crippen LogP contribution is -2.21. The summed E-state index contributed by atoms with van der Waals surface area (Å²) in [4.78, 5) is 5.80. The van der Waals surface area contributed by atoms with E-state index >= 15 is 0 Å². The zero-order chi connectivity index (χ0) is 11.4. The standard InChI is InChI=1S/C13H22N2S/c1-10-13(16-9-15-10)12(14-2)8-11-6-4-3-5-7-11/h9,11-12,14H,3-8H2,1-2H3. The molecule has 1 aromatic heterocycles. The molecule has 0 saturated heterocycles. The molecule has 0 bridgehead atoms. The smallest absolute Gasteiger partial charge is 0.0798 e. The average molecular weight is 238 g/mol. The number of aryl methyl sites for hydroxylation is 1. The minimum atomic E-state index is 0.524. The summed E-state index contributed by atoms with van der Waals surface area (Å²) < 4.78 is 0. The van der Waals surface area contributed by atoms with E-state index in [-0.39, 0.29) is 0 Å². The second-order valence-corrected chi connectivity index (χ2v) is 5.77. The van der Waals surface area contributed by atoms with Crippen LogP contribution < -0.4 is 5.32 Å². The molecular weight excluding hydrogens is 216 g/mol. The fourth-order valence-electron chi connectivity index (χ4n) is 2.76. The third kappa shape index (κ3) is 2.83. The van der Waals surface area contributed by atoms with Crippen LogP contribution in [0.3, 0.4) is 0 Å². The van der Waals surface area contributed by atoms with E-state index in [1.165, 1.54) is 49.1 Å². The number of rotatable bonds is 4. The molecule has 1 aliphatic carbocycles. The molecule has 16 heavy (non-hydrogen) atoms. The summed E-state index contributed by atoms with van der Waals surface area (Å²) in [6.45, 7) is 2.12. The van der Waals surface area contributed by atoms with Crippen molar-refractivity contribution < 1.29 is 0 Å². The van der Waals surface area contributed by atoms with Crippen LogP contribution in [0.15, 0.2) is 5.51 Å². The van der Waals surface area contributed by atoms with Gasteiger partial charge in [-0.15, -0.1) is 11.3 Å². The molecule has 90 valence electrons. The molecule has 1 aliphatic rings. The Morgan fingerprint density at radius 3 is 2.75 bits per heavy atom. The van der Waals surface area contributed by atoms with Crippen LogP contribution in [0.1, 0.15) is 55.1 Å². The third-order valence-electron chi connectivity index (χ3n) is 3.74. The number of nitrogens with one attached hydrogen (secondary N) is 1. The van der Waals surface area contributed by atoms with Crippen LogP contribution in [0, 0.1) is 12.8 Å². The summed E-state index contributed by atoms with van der Waals surface area (Å²) in [5.41, 5.74) is 3.18. The zero-order valence-corrected chi connectivity index (χ0v) is 11.1. The molecule has 3 heteroatoms. The molecular formula is C13H22N2S. The van der Waals surface area contributed by atoms with Gasteiger partial charge in [0, 0.05) is 10.9 Å². The first-order chi connectivity index (χ1) is 7.81. The van der Waals surface area contributed by atoms with Crippen molar-refractivity contribution in [2.24, 2.45) is 5.92 Å².